The average Bonchev–Trinajstić information content (AvgIpc) is 2.79. The number of likely N-dealkylation sites (tertiary alicyclic amines) is 1. The molecule has 1 heterocycles. The molecule has 1 aliphatic heterocycles. The second kappa shape index (κ2) is 5.14. The summed E-state index contributed by atoms with van der Waals surface area (Å²) in [5.74, 6) is -3.64. The van der Waals surface area contributed by atoms with Crippen LogP contribution in [0.25, 0.3) is 0 Å². The fourth-order valence-electron chi connectivity index (χ4n) is 3.23. The lowest BCUT2D eigenvalue weighted by Gasteiger charge is -2.40. The summed E-state index contributed by atoms with van der Waals surface area (Å²) in [4.78, 5) is 1.80. The van der Waals surface area contributed by atoms with Crippen LogP contribution in [0.15, 0.2) is 0 Å². The first-order valence-corrected chi connectivity index (χ1v) is 6.55. The molecule has 112 valence electrons. The largest absolute Gasteiger partial charge is 0.391 e. The maximum absolute atomic E-state index is 12.8. The van der Waals surface area contributed by atoms with Gasteiger partial charge in [-0.3, -0.25) is 0 Å². The van der Waals surface area contributed by atoms with Crippen molar-refractivity contribution in [3.63, 3.8) is 0 Å². The van der Waals surface area contributed by atoms with Gasteiger partial charge in [0.2, 0.25) is 0 Å². The van der Waals surface area contributed by atoms with E-state index in [9.17, 15) is 26.3 Å². The van der Waals surface area contributed by atoms with Gasteiger partial charge in [-0.15, -0.1) is 0 Å². The van der Waals surface area contributed by atoms with Crippen molar-refractivity contribution in [2.75, 3.05) is 13.1 Å². The minimum absolute atomic E-state index is 0.184. The van der Waals surface area contributed by atoms with E-state index in [0.717, 1.165) is 12.8 Å². The minimum Gasteiger partial charge on any atom is -0.300 e. The lowest BCUT2D eigenvalue weighted by Crippen LogP contribution is -2.46. The van der Waals surface area contributed by atoms with Gasteiger partial charge in [-0.25, -0.2) is 0 Å². The van der Waals surface area contributed by atoms with Crippen LogP contribution >= 0.6 is 0 Å². The van der Waals surface area contributed by atoms with Crippen molar-refractivity contribution in [3.8, 4) is 0 Å². The summed E-state index contributed by atoms with van der Waals surface area (Å²) in [6.07, 6.45) is -8.50. The smallest absolute Gasteiger partial charge is 0.300 e. The van der Waals surface area contributed by atoms with Crippen LogP contribution < -0.4 is 0 Å². The molecule has 2 rings (SSSR count). The molecule has 0 aromatic rings. The molecule has 2 atom stereocenters. The fraction of sp³-hybridized carbons (Fsp3) is 1.00. The topological polar surface area (TPSA) is 3.24 Å². The van der Waals surface area contributed by atoms with E-state index >= 15 is 0 Å². The van der Waals surface area contributed by atoms with Crippen LogP contribution in [0.3, 0.4) is 0 Å². The van der Waals surface area contributed by atoms with Crippen molar-refractivity contribution < 1.29 is 26.3 Å². The molecule has 1 saturated carbocycles. The van der Waals surface area contributed by atoms with Crippen molar-refractivity contribution in [2.24, 2.45) is 11.8 Å². The highest BCUT2D eigenvalue weighted by molar-refractivity contribution is 4.91. The normalized spacial score (nSPS) is 34.7. The van der Waals surface area contributed by atoms with Gasteiger partial charge in [0.05, 0.1) is 11.8 Å². The number of hydrogen-bond acceptors (Lipinski definition) is 1. The van der Waals surface area contributed by atoms with Crippen molar-refractivity contribution in [2.45, 2.75) is 50.5 Å². The summed E-state index contributed by atoms with van der Waals surface area (Å²) in [7, 11) is 0. The molecule has 0 aromatic heterocycles. The Kier molecular flexibility index (Phi) is 4.05. The van der Waals surface area contributed by atoms with Crippen LogP contribution in [0.4, 0.5) is 26.3 Å². The zero-order valence-corrected chi connectivity index (χ0v) is 10.4. The summed E-state index contributed by atoms with van der Waals surface area (Å²) in [5.41, 5.74) is 0. The Balaban J connectivity index is 2.11. The van der Waals surface area contributed by atoms with Crippen LogP contribution in [-0.4, -0.2) is 36.4 Å². The first-order valence-electron chi connectivity index (χ1n) is 6.55. The van der Waals surface area contributed by atoms with Gasteiger partial charge < -0.3 is 4.90 Å². The maximum Gasteiger partial charge on any atom is 0.391 e. The Morgan fingerprint density at radius 1 is 0.684 bits per heavy atom. The molecule has 0 bridgehead atoms. The third kappa shape index (κ3) is 3.55. The van der Waals surface area contributed by atoms with E-state index in [1.165, 1.54) is 0 Å². The number of hydrogen-bond donors (Lipinski definition) is 0. The Morgan fingerprint density at radius 3 is 1.47 bits per heavy atom. The molecule has 2 aliphatic rings. The van der Waals surface area contributed by atoms with E-state index in [1.54, 1.807) is 4.90 Å². The summed E-state index contributed by atoms with van der Waals surface area (Å²) in [6, 6.07) is -0.575. The predicted octanol–water partition coefficient (Wildman–Crippen LogP) is 3.99. The molecule has 0 amide bonds. The monoisotopic (exact) mass is 289 g/mol. The van der Waals surface area contributed by atoms with Gasteiger partial charge in [0.25, 0.3) is 0 Å². The number of alkyl halides is 6. The molecule has 7 heteroatoms. The van der Waals surface area contributed by atoms with E-state index in [-0.39, 0.29) is 12.8 Å². The van der Waals surface area contributed by atoms with Gasteiger partial charge in [0.15, 0.2) is 0 Å². The van der Waals surface area contributed by atoms with Crippen molar-refractivity contribution in [1.82, 2.24) is 4.90 Å². The quantitative estimate of drug-likeness (QED) is 0.660. The van der Waals surface area contributed by atoms with E-state index in [0.29, 0.717) is 13.1 Å². The lowest BCUT2D eigenvalue weighted by atomic mass is 9.77. The first-order chi connectivity index (χ1) is 8.68. The van der Waals surface area contributed by atoms with E-state index < -0.39 is 36.7 Å². The van der Waals surface area contributed by atoms with Gasteiger partial charge in [-0.05, 0) is 45.2 Å². The molecule has 0 aromatic carbocycles. The van der Waals surface area contributed by atoms with Crippen molar-refractivity contribution >= 4 is 0 Å². The van der Waals surface area contributed by atoms with Gasteiger partial charge in [0.1, 0.15) is 0 Å². The van der Waals surface area contributed by atoms with E-state index in [4.69, 9.17) is 0 Å². The molecule has 2 unspecified atom stereocenters. The second-order valence-electron chi connectivity index (χ2n) is 5.58. The van der Waals surface area contributed by atoms with E-state index in [2.05, 4.69) is 0 Å². The summed E-state index contributed by atoms with van der Waals surface area (Å²) >= 11 is 0. The van der Waals surface area contributed by atoms with Crippen LogP contribution in [0, 0.1) is 11.8 Å². The second-order valence-corrected chi connectivity index (χ2v) is 5.58. The van der Waals surface area contributed by atoms with Crippen molar-refractivity contribution in [1.29, 1.82) is 0 Å². The van der Waals surface area contributed by atoms with E-state index in [1.807, 2.05) is 0 Å². The molecule has 1 nitrogen and oxygen atoms in total. The molecule has 0 spiro atoms. The third-order valence-corrected chi connectivity index (χ3v) is 4.27. The average molecular weight is 289 g/mol. The molecule has 19 heavy (non-hydrogen) atoms. The molecule has 0 N–H and O–H groups in total. The van der Waals surface area contributed by atoms with Crippen LogP contribution in [0.1, 0.15) is 32.1 Å². The summed E-state index contributed by atoms with van der Waals surface area (Å²) in [6.45, 7) is 1.25. The first kappa shape index (κ1) is 14.9. The summed E-state index contributed by atoms with van der Waals surface area (Å²) < 4.78 is 76.7. The predicted molar refractivity (Wildman–Crippen MR) is 57.5 cm³/mol. The standard InChI is InChI=1S/C12H17F6N/c13-11(14,15)8-5-9(12(16,17)18)7-10(6-8)19-3-1-2-4-19/h8-10H,1-7H2. The van der Waals surface area contributed by atoms with Crippen molar-refractivity contribution in [3.05, 3.63) is 0 Å². The Bertz CT molecular complexity index is 282. The highest BCUT2D eigenvalue weighted by Gasteiger charge is 2.52. The molecule has 2 fully saturated rings. The molecule has 1 aliphatic carbocycles. The van der Waals surface area contributed by atoms with Gasteiger partial charge in [-0.2, -0.15) is 26.3 Å². The maximum atomic E-state index is 12.8. The van der Waals surface area contributed by atoms with Gasteiger partial charge in [-0.1, -0.05) is 0 Å². The summed E-state index contributed by atoms with van der Waals surface area (Å²) in [5, 5.41) is 0. The highest BCUT2D eigenvalue weighted by Crippen LogP contribution is 2.47. The van der Waals surface area contributed by atoms with Crippen LogP contribution in [-0.2, 0) is 0 Å². The zero-order chi connectivity index (χ0) is 14.3. The molecule has 1 saturated heterocycles. The minimum atomic E-state index is -4.53. The molecular formula is C12H17F6N. The Labute approximate surface area is 107 Å². The highest BCUT2D eigenvalue weighted by atomic mass is 19.4. The Hall–Kier alpha value is -0.460. The third-order valence-electron chi connectivity index (χ3n) is 4.27. The lowest BCUT2D eigenvalue weighted by molar-refractivity contribution is -0.229. The number of rotatable bonds is 1. The van der Waals surface area contributed by atoms with Crippen LogP contribution in [0.2, 0.25) is 0 Å². The Morgan fingerprint density at radius 2 is 1.11 bits per heavy atom. The van der Waals surface area contributed by atoms with Gasteiger partial charge >= 0.3 is 12.4 Å². The van der Waals surface area contributed by atoms with Gasteiger partial charge in [0, 0.05) is 6.04 Å². The van der Waals surface area contributed by atoms with Crippen LogP contribution in [0.5, 0.6) is 0 Å². The SMILES string of the molecule is FC(F)(F)C1CC(N2CCCC2)CC(C(F)(F)F)C1. The molecule has 0 radical (unpaired) electrons. The fourth-order valence-corrected chi connectivity index (χ4v) is 3.23. The zero-order valence-electron chi connectivity index (χ0n) is 10.4. The number of nitrogens with zero attached hydrogens (tertiary/aromatic N) is 1. The number of halogens is 6. The molecular weight excluding hydrogens is 272 g/mol.